The molecule has 0 spiro atoms. The van der Waals surface area contributed by atoms with Gasteiger partial charge in [0.2, 0.25) is 0 Å². The number of nitrogens with one attached hydrogen (secondary N) is 1. The SMILES string of the molecule is COC(=O)c1cc(-c2ccc(/C=N\NC(N)=S)o2)ccc1Cl. The third kappa shape index (κ3) is 3.84. The molecule has 6 nitrogen and oxygen atoms in total. The first kappa shape index (κ1) is 16.0. The minimum absolute atomic E-state index is 0.0588. The van der Waals surface area contributed by atoms with Gasteiger partial charge in [-0.3, -0.25) is 5.43 Å². The highest BCUT2D eigenvalue weighted by atomic mass is 35.5. The van der Waals surface area contributed by atoms with Crippen LogP contribution in [0.3, 0.4) is 0 Å². The Hall–Kier alpha value is -2.38. The molecule has 0 unspecified atom stereocenters. The summed E-state index contributed by atoms with van der Waals surface area (Å²) in [4.78, 5) is 11.6. The topological polar surface area (TPSA) is 89.8 Å². The number of hydrogen-bond acceptors (Lipinski definition) is 5. The number of furan rings is 1. The highest BCUT2D eigenvalue weighted by molar-refractivity contribution is 7.80. The molecule has 8 heteroatoms. The minimum Gasteiger partial charge on any atom is -0.465 e. The summed E-state index contributed by atoms with van der Waals surface area (Å²) in [5.74, 6) is 0.535. The van der Waals surface area contributed by atoms with Crippen LogP contribution in [-0.4, -0.2) is 24.4 Å². The molecule has 2 rings (SSSR count). The first-order valence-electron chi connectivity index (χ1n) is 6.08. The fourth-order valence-corrected chi connectivity index (χ4v) is 1.93. The van der Waals surface area contributed by atoms with E-state index in [1.54, 1.807) is 30.3 Å². The van der Waals surface area contributed by atoms with Gasteiger partial charge in [0.15, 0.2) is 5.11 Å². The number of ether oxygens (including phenoxy) is 1. The summed E-state index contributed by atoms with van der Waals surface area (Å²) in [6, 6.07) is 8.40. The number of thiocarbonyl (C=S) groups is 1. The number of carbonyl (C=O) groups is 1. The van der Waals surface area contributed by atoms with Crippen LogP contribution in [0.4, 0.5) is 0 Å². The molecule has 0 radical (unpaired) electrons. The van der Waals surface area contributed by atoms with Crippen LogP contribution in [0.25, 0.3) is 11.3 Å². The predicted octanol–water partition coefficient (Wildman–Crippen LogP) is 2.55. The van der Waals surface area contributed by atoms with E-state index in [9.17, 15) is 4.79 Å². The molecule has 3 N–H and O–H groups in total. The van der Waals surface area contributed by atoms with Crippen LogP contribution in [0.2, 0.25) is 5.02 Å². The predicted molar refractivity (Wildman–Crippen MR) is 88.0 cm³/mol. The second kappa shape index (κ2) is 7.06. The number of rotatable bonds is 4. The van der Waals surface area contributed by atoms with Crippen LogP contribution in [-0.2, 0) is 4.74 Å². The van der Waals surface area contributed by atoms with Crippen LogP contribution in [0.1, 0.15) is 16.1 Å². The molecule has 0 aliphatic carbocycles. The van der Waals surface area contributed by atoms with Crippen molar-refractivity contribution in [3.63, 3.8) is 0 Å². The van der Waals surface area contributed by atoms with E-state index in [0.717, 1.165) is 0 Å². The maximum Gasteiger partial charge on any atom is 0.339 e. The standard InChI is InChI=1S/C14H12ClN3O3S/c1-20-13(19)10-6-8(2-4-11(10)15)12-5-3-9(21-12)7-17-18-14(16)22/h2-7H,1H3,(H3,16,18,22)/b17-7-. The lowest BCUT2D eigenvalue weighted by atomic mass is 10.1. The molecular weight excluding hydrogens is 326 g/mol. The zero-order valence-corrected chi connectivity index (χ0v) is 13.1. The van der Waals surface area contributed by atoms with Gasteiger partial charge in [-0.2, -0.15) is 5.10 Å². The zero-order chi connectivity index (χ0) is 16.1. The molecule has 0 amide bonds. The van der Waals surface area contributed by atoms with E-state index in [4.69, 9.17) is 21.8 Å². The maximum absolute atomic E-state index is 11.6. The number of halogens is 1. The van der Waals surface area contributed by atoms with Gasteiger partial charge in [-0.05, 0) is 42.5 Å². The summed E-state index contributed by atoms with van der Waals surface area (Å²) in [7, 11) is 1.29. The van der Waals surface area contributed by atoms with Gasteiger partial charge < -0.3 is 14.9 Å². The molecule has 0 fully saturated rings. The average molecular weight is 338 g/mol. The van der Waals surface area contributed by atoms with Gasteiger partial charge in [0.25, 0.3) is 0 Å². The molecule has 114 valence electrons. The third-order valence-corrected chi connectivity index (χ3v) is 3.07. The summed E-state index contributed by atoms with van der Waals surface area (Å²) in [5.41, 5.74) is 8.62. The highest BCUT2D eigenvalue weighted by Crippen LogP contribution is 2.27. The molecule has 0 atom stereocenters. The van der Waals surface area contributed by atoms with Crippen LogP contribution in [0.15, 0.2) is 39.9 Å². The Balaban J connectivity index is 2.26. The molecule has 1 heterocycles. The van der Waals surface area contributed by atoms with Crippen molar-refractivity contribution in [2.45, 2.75) is 0 Å². The Bertz CT molecular complexity index is 743. The lowest BCUT2D eigenvalue weighted by molar-refractivity contribution is 0.0601. The van der Waals surface area contributed by atoms with E-state index in [-0.39, 0.29) is 10.7 Å². The van der Waals surface area contributed by atoms with Gasteiger partial charge in [-0.25, -0.2) is 4.79 Å². The van der Waals surface area contributed by atoms with Gasteiger partial charge in [0.05, 0.1) is 23.9 Å². The van der Waals surface area contributed by atoms with E-state index in [1.807, 2.05) is 0 Å². The molecule has 1 aromatic carbocycles. The molecule has 1 aromatic heterocycles. The van der Waals surface area contributed by atoms with Crippen LogP contribution in [0, 0.1) is 0 Å². The van der Waals surface area contributed by atoms with Crippen molar-refractivity contribution in [1.29, 1.82) is 0 Å². The smallest absolute Gasteiger partial charge is 0.339 e. The number of methoxy groups -OCH3 is 1. The summed E-state index contributed by atoms with van der Waals surface area (Å²) in [5, 5.41) is 4.16. The van der Waals surface area contributed by atoms with Crippen molar-refractivity contribution < 1.29 is 13.9 Å². The summed E-state index contributed by atoms with van der Waals surface area (Å²) >= 11 is 10.6. The van der Waals surface area contributed by atoms with Crippen LogP contribution >= 0.6 is 23.8 Å². The molecule has 0 saturated carbocycles. The number of hydrazone groups is 1. The van der Waals surface area contributed by atoms with Crippen molar-refractivity contribution in [2.24, 2.45) is 10.8 Å². The summed E-state index contributed by atoms with van der Waals surface area (Å²) in [6.45, 7) is 0. The van der Waals surface area contributed by atoms with E-state index < -0.39 is 5.97 Å². The van der Waals surface area contributed by atoms with Gasteiger partial charge in [0.1, 0.15) is 11.5 Å². The molecule has 22 heavy (non-hydrogen) atoms. The molecule has 2 aromatic rings. The average Bonchev–Trinajstić information content (AvgIpc) is 2.95. The van der Waals surface area contributed by atoms with E-state index in [0.29, 0.717) is 22.1 Å². The first-order valence-corrected chi connectivity index (χ1v) is 6.86. The van der Waals surface area contributed by atoms with E-state index >= 15 is 0 Å². The molecule has 0 saturated heterocycles. The fraction of sp³-hybridized carbons (Fsp3) is 0.0714. The number of nitrogens with two attached hydrogens (primary N) is 1. The Morgan fingerprint density at radius 2 is 2.23 bits per heavy atom. The zero-order valence-electron chi connectivity index (χ0n) is 11.5. The van der Waals surface area contributed by atoms with Crippen molar-refractivity contribution in [3.05, 3.63) is 46.7 Å². The van der Waals surface area contributed by atoms with E-state index in [1.165, 1.54) is 13.3 Å². The Labute approximate surface area is 136 Å². The van der Waals surface area contributed by atoms with Gasteiger partial charge in [0, 0.05) is 5.56 Å². The minimum atomic E-state index is -0.513. The van der Waals surface area contributed by atoms with Crippen molar-refractivity contribution in [3.8, 4) is 11.3 Å². The number of benzene rings is 1. The van der Waals surface area contributed by atoms with Gasteiger partial charge in [-0.15, -0.1) is 0 Å². The number of hydrogen-bond donors (Lipinski definition) is 2. The van der Waals surface area contributed by atoms with E-state index in [2.05, 4.69) is 27.5 Å². The van der Waals surface area contributed by atoms with Crippen molar-refractivity contribution >= 4 is 41.1 Å². The molecular formula is C14H12ClN3O3S. The highest BCUT2D eigenvalue weighted by Gasteiger charge is 2.13. The quantitative estimate of drug-likeness (QED) is 0.386. The third-order valence-electron chi connectivity index (χ3n) is 2.65. The molecule has 0 aliphatic rings. The molecule has 0 aliphatic heterocycles. The summed E-state index contributed by atoms with van der Waals surface area (Å²) in [6.07, 6.45) is 1.43. The monoisotopic (exact) mass is 337 g/mol. The number of nitrogens with zero attached hydrogens (tertiary/aromatic N) is 1. The molecule has 0 bridgehead atoms. The largest absolute Gasteiger partial charge is 0.465 e. The van der Waals surface area contributed by atoms with Gasteiger partial charge >= 0.3 is 5.97 Å². The van der Waals surface area contributed by atoms with Gasteiger partial charge in [-0.1, -0.05) is 11.6 Å². The Morgan fingerprint density at radius 3 is 2.91 bits per heavy atom. The lowest BCUT2D eigenvalue weighted by Crippen LogP contribution is -2.23. The van der Waals surface area contributed by atoms with Crippen LogP contribution in [0.5, 0.6) is 0 Å². The Kier molecular flexibility index (Phi) is 5.13. The second-order valence-corrected chi connectivity index (χ2v) is 4.97. The fourth-order valence-electron chi connectivity index (χ4n) is 1.68. The van der Waals surface area contributed by atoms with Crippen LogP contribution < -0.4 is 11.2 Å². The Morgan fingerprint density at radius 1 is 1.45 bits per heavy atom. The maximum atomic E-state index is 11.6. The lowest BCUT2D eigenvalue weighted by Gasteiger charge is -2.04. The first-order chi connectivity index (χ1) is 10.5. The second-order valence-electron chi connectivity index (χ2n) is 4.12. The normalized spacial score (nSPS) is 10.6. The van der Waals surface area contributed by atoms with Crippen molar-refractivity contribution in [2.75, 3.05) is 7.11 Å². The number of esters is 1. The number of carbonyl (C=O) groups excluding carboxylic acids is 1. The summed E-state index contributed by atoms with van der Waals surface area (Å²) < 4.78 is 10.3. The van der Waals surface area contributed by atoms with Crippen molar-refractivity contribution in [1.82, 2.24) is 5.43 Å².